The number of amides is 2. The Morgan fingerprint density at radius 3 is 2.74 bits per heavy atom. The number of nitrogens with zero attached hydrogens (tertiary/aromatic N) is 2. The van der Waals surface area contributed by atoms with Crippen LogP contribution in [0.3, 0.4) is 0 Å². The van der Waals surface area contributed by atoms with Gasteiger partial charge in [-0.25, -0.2) is 0 Å². The zero-order chi connectivity index (χ0) is 17.1. The summed E-state index contributed by atoms with van der Waals surface area (Å²) < 4.78 is 0. The molecule has 1 saturated heterocycles. The summed E-state index contributed by atoms with van der Waals surface area (Å²) in [6, 6.07) is 2.05. The molecule has 2 amide bonds. The van der Waals surface area contributed by atoms with Gasteiger partial charge in [-0.2, -0.15) is 0 Å². The van der Waals surface area contributed by atoms with Gasteiger partial charge in [-0.3, -0.25) is 19.7 Å². The highest BCUT2D eigenvalue weighted by Crippen LogP contribution is 2.30. The first-order chi connectivity index (χ1) is 10.8. The maximum absolute atomic E-state index is 12.4. The molecule has 2 rings (SSSR count). The van der Waals surface area contributed by atoms with Gasteiger partial charge in [-0.1, -0.05) is 11.6 Å². The number of carbonyl (C=O) groups excluding carboxylic acids is 2. The van der Waals surface area contributed by atoms with Crippen molar-refractivity contribution in [2.24, 2.45) is 0 Å². The number of nitrogens with one attached hydrogen (secondary N) is 1. The van der Waals surface area contributed by atoms with Gasteiger partial charge < -0.3 is 10.2 Å². The topological polar surface area (TPSA) is 92.6 Å². The highest BCUT2D eigenvalue weighted by Gasteiger charge is 2.28. The SMILES string of the molecule is Cc1cc(Cl)c([N+](=O)[O-])cc1NC(=O)C(C)N1CCCCC1=O. The van der Waals surface area contributed by atoms with E-state index in [1.54, 1.807) is 18.7 Å². The zero-order valence-electron chi connectivity index (χ0n) is 13.0. The van der Waals surface area contributed by atoms with Gasteiger partial charge in [0.15, 0.2) is 0 Å². The van der Waals surface area contributed by atoms with Crippen molar-refractivity contribution in [3.8, 4) is 0 Å². The number of halogens is 1. The van der Waals surface area contributed by atoms with Crippen molar-refractivity contribution in [1.82, 2.24) is 4.90 Å². The van der Waals surface area contributed by atoms with E-state index in [4.69, 9.17) is 11.6 Å². The molecule has 8 heteroatoms. The maximum atomic E-state index is 12.4. The number of hydrogen-bond acceptors (Lipinski definition) is 4. The van der Waals surface area contributed by atoms with Crippen molar-refractivity contribution in [2.45, 2.75) is 39.2 Å². The van der Waals surface area contributed by atoms with Crippen molar-refractivity contribution in [1.29, 1.82) is 0 Å². The van der Waals surface area contributed by atoms with Gasteiger partial charge in [0.2, 0.25) is 11.8 Å². The number of likely N-dealkylation sites (tertiary alicyclic amines) is 1. The van der Waals surface area contributed by atoms with Crippen LogP contribution in [-0.4, -0.2) is 34.2 Å². The van der Waals surface area contributed by atoms with E-state index in [0.29, 0.717) is 24.2 Å². The van der Waals surface area contributed by atoms with E-state index in [2.05, 4.69) is 5.32 Å². The quantitative estimate of drug-likeness (QED) is 0.674. The maximum Gasteiger partial charge on any atom is 0.289 e. The minimum atomic E-state index is -0.628. The number of hydrogen-bond donors (Lipinski definition) is 1. The van der Waals surface area contributed by atoms with Crippen molar-refractivity contribution >= 4 is 34.8 Å². The molecule has 0 bridgehead atoms. The number of carbonyl (C=O) groups is 2. The van der Waals surface area contributed by atoms with Crippen LogP contribution >= 0.6 is 11.6 Å². The van der Waals surface area contributed by atoms with Gasteiger partial charge >= 0.3 is 0 Å². The first-order valence-corrected chi connectivity index (χ1v) is 7.74. The Hall–Kier alpha value is -2.15. The molecule has 23 heavy (non-hydrogen) atoms. The first kappa shape index (κ1) is 17.2. The monoisotopic (exact) mass is 339 g/mol. The van der Waals surface area contributed by atoms with Crippen LogP contribution in [0.2, 0.25) is 5.02 Å². The molecule has 1 fully saturated rings. The summed E-state index contributed by atoms with van der Waals surface area (Å²) in [6.45, 7) is 3.90. The fraction of sp³-hybridized carbons (Fsp3) is 0.467. The highest BCUT2D eigenvalue weighted by atomic mass is 35.5. The Morgan fingerprint density at radius 1 is 1.43 bits per heavy atom. The second kappa shape index (κ2) is 6.95. The Kier molecular flexibility index (Phi) is 5.20. The lowest BCUT2D eigenvalue weighted by atomic mass is 10.1. The summed E-state index contributed by atoms with van der Waals surface area (Å²) in [5.41, 5.74) is 0.669. The second-order valence-electron chi connectivity index (χ2n) is 5.59. The Bertz CT molecular complexity index is 662. The van der Waals surface area contributed by atoms with E-state index in [9.17, 15) is 19.7 Å². The van der Waals surface area contributed by atoms with Crippen LogP contribution in [0.1, 0.15) is 31.7 Å². The molecule has 1 atom stereocenters. The van der Waals surface area contributed by atoms with Crippen LogP contribution in [0.5, 0.6) is 0 Å². The van der Waals surface area contributed by atoms with E-state index in [1.807, 2.05) is 0 Å². The van der Waals surface area contributed by atoms with E-state index in [-0.39, 0.29) is 22.5 Å². The van der Waals surface area contributed by atoms with Crippen LogP contribution < -0.4 is 5.32 Å². The van der Waals surface area contributed by atoms with E-state index < -0.39 is 11.0 Å². The highest BCUT2D eigenvalue weighted by molar-refractivity contribution is 6.32. The number of aryl methyl sites for hydroxylation is 1. The molecule has 7 nitrogen and oxygen atoms in total. The molecule has 0 radical (unpaired) electrons. The summed E-state index contributed by atoms with van der Waals surface area (Å²) in [7, 11) is 0. The third kappa shape index (κ3) is 3.79. The Balaban J connectivity index is 2.18. The van der Waals surface area contributed by atoms with Crippen LogP contribution in [0.25, 0.3) is 0 Å². The van der Waals surface area contributed by atoms with Gasteiger partial charge in [0.25, 0.3) is 5.69 Å². The van der Waals surface area contributed by atoms with Crippen molar-refractivity contribution in [3.63, 3.8) is 0 Å². The minimum absolute atomic E-state index is 0.0183. The molecule has 1 aromatic carbocycles. The average molecular weight is 340 g/mol. The third-order valence-corrected chi connectivity index (χ3v) is 4.26. The van der Waals surface area contributed by atoms with Gasteiger partial charge in [0.1, 0.15) is 11.1 Å². The van der Waals surface area contributed by atoms with Crippen molar-refractivity contribution < 1.29 is 14.5 Å². The molecule has 1 aromatic rings. The molecule has 0 aliphatic carbocycles. The van der Waals surface area contributed by atoms with Gasteiger partial charge in [-0.05, 0) is 38.3 Å². The summed E-state index contributed by atoms with van der Waals surface area (Å²) in [5.74, 6) is -0.419. The van der Waals surface area contributed by atoms with Crippen LogP contribution in [0, 0.1) is 17.0 Å². The number of anilines is 1. The molecule has 0 spiro atoms. The van der Waals surface area contributed by atoms with Crippen molar-refractivity contribution in [2.75, 3.05) is 11.9 Å². The Morgan fingerprint density at radius 2 is 2.13 bits per heavy atom. The number of nitro benzene ring substituents is 1. The number of benzene rings is 1. The predicted molar refractivity (Wildman–Crippen MR) is 86.5 cm³/mol. The molecule has 1 N–H and O–H groups in total. The van der Waals surface area contributed by atoms with Gasteiger partial charge in [0.05, 0.1) is 10.6 Å². The number of rotatable bonds is 4. The largest absolute Gasteiger partial charge is 0.331 e. The summed E-state index contributed by atoms with van der Waals surface area (Å²) in [5, 5.41) is 13.6. The lowest BCUT2D eigenvalue weighted by Gasteiger charge is -2.31. The summed E-state index contributed by atoms with van der Waals surface area (Å²) in [6.07, 6.45) is 2.16. The average Bonchev–Trinajstić information content (AvgIpc) is 2.49. The standard InChI is InChI=1S/C15H18ClN3O4/c1-9-7-11(16)13(19(22)23)8-12(9)17-15(21)10(2)18-6-4-3-5-14(18)20/h7-8,10H,3-6H2,1-2H3,(H,17,21). The lowest BCUT2D eigenvalue weighted by Crippen LogP contribution is -2.47. The molecule has 0 saturated carbocycles. The third-order valence-electron chi connectivity index (χ3n) is 3.96. The number of nitro groups is 1. The lowest BCUT2D eigenvalue weighted by molar-refractivity contribution is -0.384. The summed E-state index contributed by atoms with van der Waals surface area (Å²) in [4.78, 5) is 36.1. The molecule has 1 unspecified atom stereocenters. The molecular weight excluding hydrogens is 322 g/mol. The normalized spacial score (nSPS) is 16.1. The zero-order valence-corrected chi connectivity index (χ0v) is 13.7. The van der Waals surface area contributed by atoms with Gasteiger partial charge in [0, 0.05) is 19.0 Å². The fourth-order valence-corrected chi connectivity index (χ4v) is 2.84. The van der Waals surface area contributed by atoms with E-state index in [0.717, 1.165) is 12.8 Å². The molecule has 124 valence electrons. The van der Waals surface area contributed by atoms with Crippen LogP contribution in [0.4, 0.5) is 11.4 Å². The molecule has 0 aromatic heterocycles. The van der Waals surface area contributed by atoms with E-state index >= 15 is 0 Å². The van der Waals surface area contributed by atoms with Gasteiger partial charge in [-0.15, -0.1) is 0 Å². The summed E-state index contributed by atoms with van der Waals surface area (Å²) >= 11 is 5.83. The van der Waals surface area contributed by atoms with Crippen LogP contribution in [0.15, 0.2) is 12.1 Å². The number of piperidine rings is 1. The molecular formula is C15H18ClN3O4. The molecule has 1 heterocycles. The second-order valence-corrected chi connectivity index (χ2v) is 5.99. The fourth-order valence-electron chi connectivity index (χ4n) is 2.55. The Labute approximate surface area is 138 Å². The van der Waals surface area contributed by atoms with Crippen LogP contribution in [-0.2, 0) is 9.59 Å². The predicted octanol–water partition coefficient (Wildman–Crippen LogP) is 2.90. The molecule has 1 aliphatic rings. The minimum Gasteiger partial charge on any atom is -0.331 e. The van der Waals surface area contributed by atoms with Crippen molar-refractivity contribution in [3.05, 3.63) is 32.8 Å². The smallest absolute Gasteiger partial charge is 0.289 e. The van der Waals surface area contributed by atoms with E-state index in [1.165, 1.54) is 12.1 Å². The first-order valence-electron chi connectivity index (χ1n) is 7.36. The molecule has 1 aliphatic heterocycles.